The molecule has 1 aliphatic rings. The molecule has 0 aromatic heterocycles. The van der Waals surface area contributed by atoms with E-state index in [1.54, 1.807) is 5.01 Å². The van der Waals surface area contributed by atoms with Crippen molar-refractivity contribution in [3.63, 3.8) is 0 Å². The van der Waals surface area contributed by atoms with E-state index in [0.29, 0.717) is 19.8 Å². The van der Waals surface area contributed by atoms with Gasteiger partial charge >= 0.3 is 0 Å². The molecule has 0 spiro atoms. The molecule has 0 radical (unpaired) electrons. The Hall–Kier alpha value is -2.69. The van der Waals surface area contributed by atoms with Crippen LogP contribution in [0.2, 0.25) is 0 Å². The SMILES string of the molecule is C=CN(CCOC1CCCCO1)/N=C\N/C=C(\C)C(O)c1c(F)c(OC)cc(OC)c1F. The summed E-state index contributed by atoms with van der Waals surface area (Å²) < 4.78 is 50.1. The van der Waals surface area contributed by atoms with E-state index in [1.165, 1.54) is 39.9 Å². The van der Waals surface area contributed by atoms with Gasteiger partial charge in [-0.05, 0) is 31.8 Å². The van der Waals surface area contributed by atoms with Crippen LogP contribution in [0.15, 0.2) is 35.7 Å². The highest BCUT2D eigenvalue weighted by Crippen LogP contribution is 2.36. The lowest BCUT2D eigenvalue weighted by Crippen LogP contribution is -2.26. The molecular formula is C22H31F2N3O5. The van der Waals surface area contributed by atoms with Crippen molar-refractivity contribution in [2.24, 2.45) is 5.10 Å². The van der Waals surface area contributed by atoms with Gasteiger partial charge in [-0.1, -0.05) is 6.58 Å². The van der Waals surface area contributed by atoms with Gasteiger partial charge in [-0.3, -0.25) is 5.01 Å². The van der Waals surface area contributed by atoms with Gasteiger partial charge in [-0.2, -0.15) is 5.10 Å². The minimum Gasteiger partial charge on any atom is -0.494 e. The highest BCUT2D eigenvalue weighted by Gasteiger charge is 2.26. The molecule has 2 rings (SSSR count). The van der Waals surface area contributed by atoms with Crippen LogP contribution in [0.25, 0.3) is 0 Å². The first kappa shape index (κ1) is 25.6. The molecule has 0 saturated carbocycles. The number of nitrogens with zero attached hydrogens (tertiary/aromatic N) is 2. The van der Waals surface area contributed by atoms with Crippen LogP contribution in [0.1, 0.15) is 37.9 Å². The number of nitrogens with one attached hydrogen (secondary N) is 1. The fourth-order valence-electron chi connectivity index (χ4n) is 3.04. The first-order chi connectivity index (χ1) is 15.4. The average molecular weight is 456 g/mol. The Morgan fingerprint density at radius 2 is 2.03 bits per heavy atom. The molecule has 178 valence electrons. The van der Waals surface area contributed by atoms with Gasteiger partial charge in [-0.25, -0.2) is 8.78 Å². The van der Waals surface area contributed by atoms with Crippen LogP contribution in [0, 0.1) is 11.6 Å². The monoisotopic (exact) mass is 455 g/mol. The maximum Gasteiger partial charge on any atom is 0.174 e. The van der Waals surface area contributed by atoms with E-state index in [2.05, 4.69) is 17.0 Å². The maximum absolute atomic E-state index is 14.6. The number of benzene rings is 1. The summed E-state index contributed by atoms with van der Waals surface area (Å²) in [5, 5.41) is 19.0. The molecule has 32 heavy (non-hydrogen) atoms. The number of ether oxygens (including phenoxy) is 4. The van der Waals surface area contributed by atoms with E-state index >= 15 is 0 Å². The summed E-state index contributed by atoms with van der Waals surface area (Å²) in [7, 11) is 2.48. The normalized spacial score (nSPS) is 17.8. The van der Waals surface area contributed by atoms with Gasteiger partial charge in [0, 0.05) is 25.1 Å². The molecule has 2 N–H and O–H groups in total. The fraction of sp³-hybridized carbons (Fsp3) is 0.500. The smallest absolute Gasteiger partial charge is 0.174 e. The Morgan fingerprint density at radius 3 is 2.59 bits per heavy atom. The van der Waals surface area contributed by atoms with Gasteiger partial charge in [0.15, 0.2) is 29.4 Å². The van der Waals surface area contributed by atoms with Crippen molar-refractivity contribution in [3.8, 4) is 11.5 Å². The van der Waals surface area contributed by atoms with Gasteiger partial charge in [0.2, 0.25) is 0 Å². The number of hydrazone groups is 1. The first-order valence-corrected chi connectivity index (χ1v) is 10.3. The molecule has 1 aromatic carbocycles. The molecule has 0 amide bonds. The maximum atomic E-state index is 14.6. The molecule has 1 aliphatic heterocycles. The number of aliphatic hydroxyl groups is 1. The van der Waals surface area contributed by atoms with Gasteiger partial charge in [0.1, 0.15) is 12.4 Å². The second-order valence-corrected chi connectivity index (χ2v) is 7.04. The summed E-state index contributed by atoms with van der Waals surface area (Å²) in [6, 6.07) is 1.08. The number of hydrogen-bond donors (Lipinski definition) is 2. The second kappa shape index (κ2) is 13.0. The summed E-state index contributed by atoms with van der Waals surface area (Å²) in [6.45, 7) is 6.80. The second-order valence-electron chi connectivity index (χ2n) is 7.04. The van der Waals surface area contributed by atoms with Crippen molar-refractivity contribution in [2.75, 3.05) is 34.0 Å². The minimum atomic E-state index is -1.57. The van der Waals surface area contributed by atoms with Crippen LogP contribution < -0.4 is 14.8 Å². The van der Waals surface area contributed by atoms with Crippen molar-refractivity contribution in [1.82, 2.24) is 10.3 Å². The van der Waals surface area contributed by atoms with E-state index in [9.17, 15) is 13.9 Å². The van der Waals surface area contributed by atoms with Crippen LogP contribution in [-0.4, -0.2) is 56.7 Å². The van der Waals surface area contributed by atoms with Crippen molar-refractivity contribution in [1.29, 1.82) is 0 Å². The highest BCUT2D eigenvalue weighted by atomic mass is 19.1. The summed E-state index contributed by atoms with van der Waals surface area (Å²) in [5.74, 6) is -2.47. The van der Waals surface area contributed by atoms with E-state index in [-0.39, 0.29) is 23.4 Å². The molecule has 10 heteroatoms. The van der Waals surface area contributed by atoms with Gasteiger partial charge in [0.05, 0.1) is 32.9 Å². The first-order valence-electron chi connectivity index (χ1n) is 10.3. The van der Waals surface area contributed by atoms with Gasteiger partial charge in [0.25, 0.3) is 0 Å². The molecule has 1 aromatic rings. The zero-order valence-electron chi connectivity index (χ0n) is 18.6. The lowest BCUT2D eigenvalue weighted by Gasteiger charge is -2.23. The van der Waals surface area contributed by atoms with E-state index < -0.39 is 23.3 Å². The number of rotatable bonds is 12. The zero-order valence-corrected chi connectivity index (χ0v) is 18.6. The van der Waals surface area contributed by atoms with E-state index in [1.807, 2.05) is 0 Å². The van der Waals surface area contributed by atoms with Crippen LogP contribution >= 0.6 is 0 Å². The molecule has 1 saturated heterocycles. The Labute approximate surface area is 187 Å². The largest absolute Gasteiger partial charge is 0.494 e. The summed E-state index contributed by atoms with van der Waals surface area (Å²) in [6.07, 6.45) is 5.54. The molecule has 0 bridgehead atoms. The molecule has 0 aliphatic carbocycles. The van der Waals surface area contributed by atoms with Crippen LogP contribution in [0.5, 0.6) is 11.5 Å². The third-order valence-corrected chi connectivity index (χ3v) is 4.88. The van der Waals surface area contributed by atoms with Crippen molar-refractivity contribution in [2.45, 2.75) is 38.6 Å². The molecule has 8 nitrogen and oxygen atoms in total. The number of aliphatic hydroxyl groups excluding tert-OH is 1. The Kier molecular flexibility index (Phi) is 10.4. The quantitative estimate of drug-likeness (QED) is 0.284. The molecule has 1 fully saturated rings. The predicted octanol–water partition coefficient (Wildman–Crippen LogP) is 3.44. The summed E-state index contributed by atoms with van der Waals surface area (Å²) in [4.78, 5) is 0. The molecular weight excluding hydrogens is 424 g/mol. The average Bonchev–Trinajstić information content (AvgIpc) is 2.81. The summed E-state index contributed by atoms with van der Waals surface area (Å²) in [5.41, 5.74) is -0.323. The molecule has 1 heterocycles. The fourth-order valence-corrected chi connectivity index (χ4v) is 3.04. The number of hydrogen-bond acceptors (Lipinski definition) is 7. The topological polar surface area (TPSA) is 84.8 Å². The van der Waals surface area contributed by atoms with Crippen LogP contribution in [0.3, 0.4) is 0 Å². The highest BCUT2D eigenvalue weighted by molar-refractivity contribution is 5.56. The molecule has 2 unspecified atom stereocenters. The lowest BCUT2D eigenvalue weighted by molar-refractivity contribution is -0.163. The predicted molar refractivity (Wildman–Crippen MR) is 116 cm³/mol. The standard InChI is InChI=1S/C22H31F2N3O5/c1-5-27(9-11-32-18-8-6-7-10-31-18)26-14-25-13-15(2)22(28)19-20(23)16(29-3)12-17(30-4)21(19)24/h5,12-14,18,22,28H,1,6-11H2,2-4H3,(H,25,26)/b15-13+. The van der Waals surface area contributed by atoms with Gasteiger partial charge in [-0.15, -0.1) is 0 Å². The van der Waals surface area contributed by atoms with Crippen molar-refractivity contribution in [3.05, 3.63) is 47.8 Å². The van der Waals surface area contributed by atoms with E-state index in [4.69, 9.17) is 18.9 Å². The van der Waals surface area contributed by atoms with Gasteiger partial charge < -0.3 is 29.4 Å². The van der Waals surface area contributed by atoms with Crippen LogP contribution in [-0.2, 0) is 9.47 Å². The number of halogens is 2. The Morgan fingerprint density at radius 1 is 1.34 bits per heavy atom. The summed E-state index contributed by atoms with van der Waals surface area (Å²) >= 11 is 0. The number of methoxy groups -OCH3 is 2. The molecule has 2 atom stereocenters. The lowest BCUT2D eigenvalue weighted by atomic mass is 10.0. The zero-order chi connectivity index (χ0) is 23.5. The minimum absolute atomic E-state index is 0.180. The Balaban J connectivity index is 1.94. The third kappa shape index (κ3) is 6.91. The van der Waals surface area contributed by atoms with E-state index in [0.717, 1.165) is 25.3 Å². The third-order valence-electron chi connectivity index (χ3n) is 4.88. The van der Waals surface area contributed by atoms with Crippen molar-refractivity contribution < 1.29 is 32.8 Å². The van der Waals surface area contributed by atoms with Crippen molar-refractivity contribution >= 4 is 6.34 Å². The Bertz CT molecular complexity index is 785. The van der Waals surface area contributed by atoms with Crippen LogP contribution in [0.4, 0.5) is 8.78 Å².